The molecular weight excluding hydrogens is 486 g/mol. The molecule has 0 saturated heterocycles. The Morgan fingerprint density at radius 2 is 0.700 bits per heavy atom. The van der Waals surface area contributed by atoms with E-state index in [1.54, 1.807) is 0 Å². The Morgan fingerprint density at radius 1 is 0.425 bits per heavy atom. The maximum atomic E-state index is 3.39. The van der Waals surface area contributed by atoms with Crippen LogP contribution in [-0.2, 0) is 0 Å². The second-order valence-electron chi connectivity index (χ2n) is 10.4. The molecule has 2 aliphatic rings. The minimum absolute atomic E-state index is 0.217. The van der Waals surface area contributed by atoms with Crippen molar-refractivity contribution in [1.82, 2.24) is 0 Å². The molecule has 0 fully saturated rings. The summed E-state index contributed by atoms with van der Waals surface area (Å²) in [5.74, 6) is 6.78. The molecule has 2 heterocycles. The largest absolute Gasteiger partial charge is 0.411 e. The Kier molecular flexibility index (Phi) is 7.22. The monoisotopic (exact) mass is 522 g/mol. The van der Waals surface area contributed by atoms with Crippen LogP contribution in [0.15, 0.2) is 97.1 Å². The van der Waals surface area contributed by atoms with Crippen molar-refractivity contribution in [3.8, 4) is 11.8 Å². The zero-order valence-corrected chi connectivity index (χ0v) is 24.0. The molecule has 0 bridgehead atoms. The van der Waals surface area contributed by atoms with Crippen LogP contribution >= 0.6 is 0 Å². The average Bonchev–Trinajstić information content (AvgIpc) is 3.52. The van der Waals surface area contributed by atoms with Crippen LogP contribution in [0.1, 0.15) is 38.8 Å². The van der Waals surface area contributed by atoms with Gasteiger partial charge in [-0.15, -0.1) is 0 Å². The molecule has 0 aromatic heterocycles. The molecule has 0 amide bonds. The van der Waals surface area contributed by atoms with Crippen LogP contribution in [-0.4, -0.2) is 40.1 Å². The maximum Gasteiger partial charge on any atom is 0.411 e. The van der Waals surface area contributed by atoms with Crippen LogP contribution in [0.2, 0.25) is 0 Å². The Morgan fingerprint density at radius 3 is 0.950 bits per heavy atom. The molecule has 4 nitrogen and oxygen atoms in total. The SMILES string of the molecule is CCN1B(c2ccc(C#Cc3ccc(B4N(CC)c5ccccc5N4CC)cc3)cc2)N(CC)c2ccccc21. The molecular formula is C34H36B2N4. The second-order valence-corrected chi connectivity index (χ2v) is 10.4. The highest BCUT2D eigenvalue weighted by Gasteiger charge is 2.41. The van der Waals surface area contributed by atoms with E-state index in [1.807, 2.05) is 0 Å². The van der Waals surface area contributed by atoms with Crippen molar-refractivity contribution in [3.63, 3.8) is 0 Å². The van der Waals surface area contributed by atoms with Crippen LogP contribution in [0.5, 0.6) is 0 Å². The Bertz CT molecular complexity index is 1360. The van der Waals surface area contributed by atoms with Crippen molar-refractivity contribution in [2.75, 3.05) is 45.4 Å². The fraction of sp³-hybridized carbons (Fsp3) is 0.235. The van der Waals surface area contributed by atoms with Crippen molar-refractivity contribution in [2.24, 2.45) is 0 Å². The number of anilines is 4. The van der Waals surface area contributed by atoms with E-state index in [0.29, 0.717) is 0 Å². The van der Waals surface area contributed by atoms with Gasteiger partial charge in [-0.1, -0.05) is 60.4 Å². The van der Waals surface area contributed by atoms with E-state index in [4.69, 9.17) is 0 Å². The van der Waals surface area contributed by atoms with Gasteiger partial charge in [0.25, 0.3) is 0 Å². The van der Waals surface area contributed by atoms with Crippen molar-refractivity contribution in [2.45, 2.75) is 27.7 Å². The van der Waals surface area contributed by atoms with Gasteiger partial charge in [0.15, 0.2) is 0 Å². The summed E-state index contributed by atoms with van der Waals surface area (Å²) in [6, 6.07) is 35.1. The molecule has 4 aromatic rings. The van der Waals surface area contributed by atoms with Crippen molar-refractivity contribution in [3.05, 3.63) is 108 Å². The highest BCUT2D eigenvalue weighted by molar-refractivity contribution is 6.82. The second kappa shape index (κ2) is 11.1. The molecule has 2 aliphatic heterocycles. The molecule has 4 aromatic carbocycles. The van der Waals surface area contributed by atoms with E-state index < -0.39 is 0 Å². The summed E-state index contributed by atoms with van der Waals surface area (Å²) in [5, 5.41) is 0. The first-order chi connectivity index (χ1) is 19.7. The molecule has 0 unspecified atom stereocenters. The standard InChI is InChI=1S/C34H36B2N4/c1-5-37-31-13-9-10-14-32(31)38(6-2)35(37)29-23-19-27(20-24-29)17-18-28-21-25-30(26-22-28)36-39(7-3)33-15-11-12-16-34(33)40(36)8-4/h9-16,19-26H,5-8H2,1-4H3. The Hall–Kier alpha value is -4.23. The van der Waals surface area contributed by atoms with Crippen LogP contribution < -0.4 is 30.2 Å². The Labute approximate surface area is 240 Å². The third-order valence-corrected chi connectivity index (χ3v) is 8.31. The average molecular weight is 522 g/mol. The van der Waals surface area contributed by atoms with Gasteiger partial charge in [-0.25, -0.2) is 0 Å². The minimum Gasteiger partial charge on any atom is -0.391 e. The van der Waals surface area contributed by atoms with Gasteiger partial charge in [-0.2, -0.15) is 0 Å². The summed E-state index contributed by atoms with van der Waals surface area (Å²) >= 11 is 0. The first-order valence-corrected chi connectivity index (χ1v) is 14.6. The van der Waals surface area contributed by atoms with Gasteiger partial charge in [-0.3, -0.25) is 0 Å². The highest BCUT2D eigenvalue weighted by Crippen LogP contribution is 2.38. The van der Waals surface area contributed by atoms with Crippen LogP contribution in [0.4, 0.5) is 22.7 Å². The number of hydrogen-bond acceptors (Lipinski definition) is 4. The van der Waals surface area contributed by atoms with Crippen LogP contribution in [0.25, 0.3) is 0 Å². The lowest BCUT2D eigenvalue weighted by Gasteiger charge is -2.28. The summed E-state index contributed by atoms with van der Waals surface area (Å²) in [5.41, 5.74) is 9.93. The Balaban J connectivity index is 1.20. The van der Waals surface area contributed by atoms with E-state index >= 15 is 0 Å². The van der Waals surface area contributed by atoms with Gasteiger partial charge in [0.1, 0.15) is 0 Å². The van der Waals surface area contributed by atoms with Gasteiger partial charge >= 0.3 is 14.0 Å². The summed E-state index contributed by atoms with van der Waals surface area (Å²) < 4.78 is 0. The van der Waals surface area contributed by atoms with E-state index in [0.717, 1.165) is 37.3 Å². The van der Waals surface area contributed by atoms with Crippen molar-refractivity contribution in [1.29, 1.82) is 0 Å². The highest BCUT2D eigenvalue weighted by atomic mass is 15.3. The number of para-hydroxylation sites is 4. The summed E-state index contributed by atoms with van der Waals surface area (Å²) in [4.78, 5) is 9.96. The molecule has 6 rings (SSSR count). The van der Waals surface area contributed by atoms with Gasteiger partial charge in [0, 0.05) is 60.1 Å². The topological polar surface area (TPSA) is 13.0 Å². The number of hydrogen-bond donors (Lipinski definition) is 0. The molecule has 0 spiro atoms. The van der Waals surface area contributed by atoms with E-state index in [2.05, 4.69) is 156 Å². The molecule has 0 atom stereocenters. The van der Waals surface area contributed by atoms with Crippen molar-refractivity contribution >= 4 is 47.6 Å². The summed E-state index contributed by atoms with van der Waals surface area (Å²) in [6.45, 7) is 13.2. The van der Waals surface area contributed by atoms with Gasteiger partial charge < -0.3 is 19.2 Å². The van der Waals surface area contributed by atoms with E-state index in [9.17, 15) is 0 Å². The van der Waals surface area contributed by atoms with Crippen LogP contribution in [0, 0.1) is 11.8 Å². The third kappa shape index (κ3) is 4.40. The molecule has 0 saturated carbocycles. The molecule has 0 N–H and O–H groups in total. The fourth-order valence-corrected chi connectivity index (χ4v) is 6.48. The zero-order valence-electron chi connectivity index (χ0n) is 24.0. The molecule has 0 aliphatic carbocycles. The number of rotatable bonds is 6. The summed E-state index contributed by atoms with van der Waals surface area (Å²) in [7, 11) is 0. The first-order valence-electron chi connectivity index (χ1n) is 14.6. The molecule has 6 heteroatoms. The van der Waals surface area contributed by atoms with Gasteiger partial charge in [0.05, 0.1) is 0 Å². The quantitative estimate of drug-likeness (QED) is 0.255. The normalized spacial score (nSPS) is 13.9. The predicted molar refractivity (Wildman–Crippen MR) is 175 cm³/mol. The zero-order chi connectivity index (χ0) is 27.6. The predicted octanol–water partition coefficient (Wildman–Crippen LogP) is 5.21. The van der Waals surface area contributed by atoms with E-state index in [1.165, 1.54) is 33.7 Å². The lowest BCUT2D eigenvalue weighted by Crippen LogP contribution is -2.56. The maximum absolute atomic E-state index is 3.39. The van der Waals surface area contributed by atoms with E-state index in [-0.39, 0.29) is 14.0 Å². The lowest BCUT2D eigenvalue weighted by molar-refractivity contribution is 1.06. The first kappa shape index (κ1) is 26.0. The lowest BCUT2D eigenvalue weighted by atomic mass is 9.65. The molecule has 0 radical (unpaired) electrons. The third-order valence-electron chi connectivity index (χ3n) is 8.31. The number of nitrogens with zero attached hydrogens (tertiary/aromatic N) is 4. The smallest absolute Gasteiger partial charge is 0.391 e. The van der Waals surface area contributed by atoms with Gasteiger partial charge in [0.2, 0.25) is 0 Å². The molecule has 198 valence electrons. The fourth-order valence-electron chi connectivity index (χ4n) is 6.48. The number of fused-ring (bicyclic) bond motifs is 2. The van der Waals surface area contributed by atoms with Gasteiger partial charge in [-0.05, 0) is 87.2 Å². The molecule has 40 heavy (non-hydrogen) atoms. The summed E-state index contributed by atoms with van der Waals surface area (Å²) in [6.07, 6.45) is 0. The van der Waals surface area contributed by atoms with Crippen LogP contribution in [0.3, 0.4) is 0 Å². The minimum atomic E-state index is 0.217. The number of benzene rings is 4. The van der Waals surface area contributed by atoms with Crippen molar-refractivity contribution < 1.29 is 0 Å².